The Morgan fingerprint density at radius 2 is 2.29 bits per heavy atom. The molecule has 0 bridgehead atoms. The molecule has 0 aliphatic carbocycles. The number of carboxylic acids is 1. The van der Waals surface area contributed by atoms with E-state index in [-0.39, 0.29) is 0 Å². The predicted molar refractivity (Wildman–Crippen MR) is 70.6 cm³/mol. The van der Waals surface area contributed by atoms with E-state index in [0.29, 0.717) is 6.54 Å². The molecule has 5 heteroatoms. The van der Waals surface area contributed by atoms with Gasteiger partial charge in [0.2, 0.25) is 0 Å². The first-order chi connectivity index (χ1) is 8.16. The van der Waals surface area contributed by atoms with E-state index in [4.69, 9.17) is 0 Å². The summed E-state index contributed by atoms with van der Waals surface area (Å²) in [5.41, 5.74) is 0. The smallest absolute Gasteiger partial charge is 0.326 e. The number of aryl methyl sites for hydroxylation is 1. The van der Waals surface area contributed by atoms with Crippen molar-refractivity contribution in [2.75, 3.05) is 0 Å². The molecule has 0 aromatic carbocycles. The molecule has 0 fully saturated rings. The normalized spacial score (nSPS) is 12.5. The maximum atomic E-state index is 11.2. The molecule has 0 spiro atoms. The molecule has 17 heavy (non-hydrogen) atoms. The van der Waals surface area contributed by atoms with E-state index in [2.05, 4.69) is 5.32 Å². The molecule has 0 aliphatic rings. The lowest BCUT2D eigenvalue weighted by Gasteiger charge is -2.11. The average Bonchev–Trinajstić information content (AvgIpc) is 2.90. The van der Waals surface area contributed by atoms with Crippen LogP contribution in [0.5, 0.6) is 0 Å². The number of thiophene rings is 2. The van der Waals surface area contributed by atoms with Crippen LogP contribution in [0.2, 0.25) is 0 Å². The molecule has 2 rings (SSSR count). The van der Waals surface area contributed by atoms with Gasteiger partial charge in [-0.25, -0.2) is 0 Å². The van der Waals surface area contributed by atoms with E-state index in [1.165, 1.54) is 11.3 Å². The highest BCUT2D eigenvalue weighted by Gasteiger charge is 2.20. The molecular formula is C12H13NO2S2. The Labute approximate surface area is 108 Å². The quantitative estimate of drug-likeness (QED) is 0.875. The lowest BCUT2D eigenvalue weighted by atomic mass is 10.2. The summed E-state index contributed by atoms with van der Waals surface area (Å²) in [6.45, 7) is 2.57. The number of aliphatic carboxylic acids is 1. The zero-order chi connectivity index (χ0) is 12.3. The summed E-state index contributed by atoms with van der Waals surface area (Å²) in [6.07, 6.45) is 0. The van der Waals surface area contributed by atoms with Gasteiger partial charge in [-0.3, -0.25) is 10.1 Å². The van der Waals surface area contributed by atoms with Gasteiger partial charge in [0.1, 0.15) is 6.04 Å². The van der Waals surface area contributed by atoms with E-state index in [0.717, 1.165) is 14.6 Å². The number of rotatable bonds is 5. The molecule has 0 saturated carbocycles. The van der Waals surface area contributed by atoms with Gasteiger partial charge >= 0.3 is 5.97 Å². The summed E-state index contributed by atoms with van der Waals surface area (Å²) in [5.74, 6) is -0.830. The van der Waals surface area contributed by atoms with Gasteiger partial charge in [-0.1, -0.05) is 6.07 Å². The van der Waals surface area contributed by atoms with Crippen molar-refractivity contribution in [3.63, 3.8) is 0 Å². The molecule has 1 unspecified atom stereocenters. The van der Waals surface area contributed by atoms with Crippen molar-refractivity contribution in [3.8, 4) is 0 Å². The SMILES string of the molecule is Cc1ccc(C(NCc2cccs2)C(=O)O)s1. The Hall–Kier alpha value is -1.17. The lowest BCUT2D eigenvalue weighted by Crippen LogP contribution is -2.27. The van der Waals surface area contributed by atoms with Crippen LogP contribution in [0.25, 0.3) is 0 Å². The minimum Gasteiger partial charge on any atom is -0.480 e. The van der Waals surface area contributed by atoms with Crippen molar-refractivity contribution in [2.45, 2.75) is 19.5 Å². The van der Waals surface area contributed by atoms with Gasteiger partial charge in [-0.15, -0.1) is 22.7 Å². The predicted octanol–water partition coefficient (Wildman–Crippen LogP) is 3.03. The summed E-state index contributed by atoms with van der Waals surface area (Å²) in [5, 5.41) is 14.3. The van der Waals surface area contributed by atoms with Crippen LogP contribution in [0.3, 0.4) is 0 Å². The zero-order valence-electron chi connectivity index (χ0n) is 9.34. The molecule has 2 aromatic rings. The van der Waals surface area contributed by atoms with Crippen LogP contribution in [0.15, 0.2) is 29.6 Å². The highest BCUT2D eigenvalue weighted by atomic mass is 32.1. The fourth-order valence-corrected chi connectivity index (χ4v) is 3.14. The largest absolute Gasteiger partial charge is 0.480 e. The van der Waals surface area contributed by atoms with E-state index in [1.807, 2.05) is 36.6 Å². The molecule has 0 amide bonds. The summed E-state index contributed by atoms with van der Waals surface area (Å²) in [6, 6.07) is 7.17. The van der Waals surface area contributed by atoms with Crippen molar-refractivity contribution in [1.29, 1.82) is 0 Å². The van der Waals surface area contributed by atoms with Crippen LogP contribution in [0.1, 0.15) is 20.7 Å². The second kappa shape index (κ2) is 5.44. The molecule has 0 radical (unpaired) electrons. The first kappa shape index (κ1) is 12.3. The first-order valence-electron chi connectivity index (χ1n) is 5.21. The van der Waals surface area contributed by atoms with Crippen LogP contribution >= 0.6 is 22.7 Å². The Kier molecular flexibility index (Phi) is 3.93. The van der Waals surface area contributed by atoms with E-state index in [9.17, 15) is 9.90 Å². The van der Waals surface area contributed by atoms with Gasteiger partial charge < -0.3 is 5.11 Å². The molecule has 1 atom stereocenters. The third-order valence-electron chi connectivity index (χ3n) is 2.35. The van der Waals surface area contributed by atoms with Gasteiger partial charge in [0, 0.05) is 21.2 Å². The maximum absolute atomic E-state index is 11.2. The molecule has 3 nitrogen and oxygen atoms in total. The van der Waals surface area contributed by atoms with Crippen LogP contribution in [0.4, 0.5) is 0 Å². The van der Waals surface area contributed by atoms with Crippen LogP contribution < -0.4 is 5.32 Å². The molecule has 2 aromatic heterocycles. The van der Waals surface area contributed by atoms with E-state index >= 15 is 0 Å². The van der Waals surface area contributed by atoms with Gasteiger partial charge in [0.25, 0.3) is 0 Å². The van der Waals surface area contributed by atoms with Crippen molar-refractivity contribution in [2.24, 2.45) is 0 Å². The fraction of sp³-hybridized carbons (Fsp3) is 0.250. The minimum atomic E-state index is -0.830. The van der Waals surface area contributed by atoms with E-state index < -0.39 is 12.0 Å². The standard InChI is InChI=1S/C12H13NO2S2/c1-8-4-5-10(17-8)11(12(14)15)13-7-9-3-2-6-16-9/h2-6,11,13H,7H2,1H3,(H,14,15). The van der Waals surface area contributed by atoms with Crippen LogP contribution in [0, 0.1) is 6.92 Å². The van der Waals surface area contributed by atoms with Crippen molar-refractivity contribution in [3.05, 3.63) is 44.3 Å². The first-order valence-corrected chi connectivity index (χ1v) is 6.91. The minimum absolute atomic E-state index is 0.589. The molecule has 0 saturated heterocycles. The van der Waals surface area contributed by atoms with E-state index in [1.54, 1.807) is 11.3 Å². The second-order valence-corrected chi connectivity index (χ2v) is 6.03. The van der Waals surface area contributed by atoms with Gasteiger partial charge in [-0.05, 0) is 30.5 Å². The summed E-state index contributed by atoms with van der Waals surface area (Å²) in [4.78, 5) is 14.3. The van der Waals surface area contributed by atoms with Gasteiger partial charge in [-0.2, -0.15) is 0 Å². The Morgan fingerprint density at radius 1 is 1.47 bits per heavy atom. The molecule has 90 valence electrons. The lowest BCUT2D eigenvalue weighted by molar-refractivity contribution is -0.139. The van der Waals surface area contributed by atoms with Gasteiger partial charge in [0.15, 0.2) is 0 Å². The van der Waals surface area contributed by atoms with Crippen LogP contribution in [-0.2, 0) is 11.3 Å². The third-order valence-corrected chi connectivity index (χ3v) is 4.30. The zero-order valence-corrected chi connectivity index (χ0v) is 11.0. The highest BCUT2D eigenvalue weighted by molar-refractivity contribution is 7.12. The van der Waals surface area contributed by atoms with Crippen molar-refractivity contribution >= 4 is 28.6 Å². The molecule has 0 aliphatic heterocycles. The number of carbonyl (C=O) groups is 1. The number of hydrogen-bond acceptors (Lipinski definition) is 4. The maximum Gasteiger partial charge on any atom is 0.326 e. The Bertz CT molecular complexity index is 490. The Morgan fingerprint density at radius 3 is 2.82 bits per heavy atom. The number of nitrogens with one attached hydrogen (secondary N) is 1. The topological polar surface area (TPSA) is 49.3 Å². The van der Waals surface area contributed by atoms with Crippen molar-refractivity contribution < 1.29 is 9.90 Å². The van der Waals surface area contributed by atoms with Crippen molar-refractivity contribution in [1.82, 2.24) is 5.32 Å². The summed E-state index contributed by atoms with van der Waals surface area (Å²) < 4.78 is 0. The molecule has 2 heterocycles. The third kappa shape index (κ3) is 3.15. The number of hydrogen-bond donors (Lipinski definition) is 2. The second-order valence-electron chi connectivity index (χ2n) is 3.68. The molecule has 2 N–H and O–H groups in total. The Balaban J connectivity index is 2.05. The highest BCUT2D eigenvalue weighted by Crippen LogP contribution is 2.23. The fourth-order valence-electron chi connectivity index (χ4n) is 1.53. The van der Waals surface area contributed by atoms with Crippen LogP contribution in [-0.4, -0.2) is 11.1 Å². The summed E-state index contributed by atoms with van der Waals surface area (Å²) in [7, 11) is 0. The average molecular weight is 267 g/mol. The molecular weight excluding hydrogens is 254 g/mol. The number of carboxylic acid groups (broad SMARTS) is 1. The summed E-state index contributed by atoms with van der Waals surface area (Å²) >= 11 is 3.15. The monoisotopic (exact) mass is 267 g/mol. The van der Waals surface area contributed by atoms with Gasteiger partial charge in [0.05, 0.1) is 0 Å².